The Morgan fingerprint density at radius 1 is 1.35 bits per heavy atom. The molecule has 0 aliphatic carbocycles. The second kappa shape index (κ2) is 8.29. The number of nitrogens with one attached hydrogen (secondary N) is 1. The molecule has 0 fully saturated rings. The summed E-state index contributed by atoms with van der Waals surface area (Å²) in [5.74, 6) is 0.154. The van der Waals surface area contributed by atoms with Crippen molar-refractivity contribution in [3.8, 4) is 0 Å². The van der Waals surface area contributed by atoms with Crippen LogP contribution < -0.4 is 5.32 Å². The Morgan fingerprint density at radius 2 is 2.18 bits per heavy atom. The maximum Gasteiger partial charge on any atom is 0.220 e. The number of carbonyl (C=O) groups is 1. The van der Waals surface area contributed by atoms with Crippen molar-refractivity contribution in [1.29, 1.82) is 0 Å². The number of benzene rings is 1. The molecule has 0 aromatic heterocycles. The van der Waals surface area contributed by atoms with Crippen molar-refractivity contribution in [1.82, 2.24) is 5.32 Å². The average Bonchev–Trinajstić information content (AvgIpc) is 2.32. The van der Waals surface area contributed by atoms with Crippen molar-refractivity contribution in [3.63, 3.8) is 0 Å². The van der Waals surface area contributed by atoms with Gasteiger partial charge in [-0.2, -0.15) is 0 Å². The molecule has 0 saturated carbocycles. The van der Waals surface area contributed by atoms with Crippen LogP contribution in [-0.4, -0.2) is 12.5 Å². The van der Waals surface area contributed by atoms with Crippen LogP contribution in [0.5, 0.6) is 0 Å². The van der Waals surface area contributed by atoms with Crippen LogP contribution in [0.2, 0.25) is 0 Å². The van der Waals surface area contributed by atoms with Crippen LogP contribution in [0.25, 0.3) is 0 Å². The molecule has 0 saturated heterocycles. The van der Waals surface area contributed by atoms with Gasteiger partial charge in [-0.25, -0.2) is 0 Å². The van der Waals surface area contributed by atoms with E-state index in [1.54, 1.807) is 0 Å². The second-order valence-electron chi connectivity index (χ2n) is 4.19. The Labute approximate surface area is 112 Å². The van der Waals surface area contributed by atoms with Gasteiger partial charge in [0.1, 0.15) is 0 Å². The number of aryl methyl sites for hydroxylation is 1. The van der Waals surface area contributed by atoms with Gasteiger partial charge in [-0.1, -0.05) is 47.8 Å². The molecular formula is C14H20BrNO. The highest BCUT2D eigenvalue weighted by Gasteiger charge is 2.01. The maximum absolute atomic E-state index is 11.5. The van der Waals surface area contributed by atoms with Crippen LogP contribution in [0, 0.1) is 0 Å². The lowest BCUT2D eigenvalue weighted by molar-refractivity contribution is -0.121. The fourth-order valence-corrected chi connectivity index (χ4v) is 2.09. The minimum atomic E-state index is 0.154. The fraction of sp³-hybridized carbons (Fsp3) is 0.500. The minimum Gasteiger partial charge on any atom is -0.356 e. The summed E-state index contributed by atoms with van der Waals surface area (Å²) < 4.78 is 1.07. The molecule has 1 amide bonds. The van der Waals surface area contributed by atoms with Crippen LogP contribution in [-0.2, 0) is 11.2 Å². The van der Waals surface area contributed by atoms with Gasteiger partial charge < -0.3 is 5.32 Å². The topological polar surface area (TPSA) is 29.1 Å². The summed E-state index contributed by atoms with van der Waals surface area (Å²) in [6, 6.07) is 8.10. The molecular weight excluding hydrogens is 278 g/mol. The van der Waals surface area contributed by atoms with E-state index in [0.717, 1.165) is 23.9 Å². The summed E-state index contributed by atoms with van der Waals surface area (Å²) in [5, 5.41) is 2.95. The first kappa shape index (κ1) is 14.2. The zero-order valence-corrected chi connectivity index (χ0v) is 11.9. The normalized spacial score (nSPS) is 10.2. The third-order valence-corrected chi connectivity index (χ3v) is 3.13. The van der Waals surface area contributed by atoms with Gasteiger partial charge in [0.25, 0.3) is 0 Å². The van der Waals surface area contributed by atoms with Gasteiger partial charge in [-0.05, 0) is 30.5 Å². The lowest BCUT2D eigenvalue weighted by atomic mass is 10.1. The van der Waals surface area contributed by atoms with Crippen LogP contribution in [0.3, 0.4) is 0 Å². The van der Waals surface area contributed by atoms with Gasteiger partial charge in [0.05, 0.1) is 0 Å². The molecule has 0 heterocycles. The molecule has 0 atom stereocenters. The maximum atomic E-state index is 11.5. The van der Waals surface area contributed by atoms with Crippen LogP contribution in [0.4, 0.5) is 0 Å². The highest BCUT2D eigenvalue weighted by atomic mass is 79.9. The minimum absolute atomic E-state index is 0.154. The molecule has 1 N–H and O–H groups in total. The van der Waals surface area contributed by atoms with E-state index in [1.165, 1.54) is 18.4 Å². The molecule has 3 heteroatoms. The first-order valence-electron chi connectivity index (χ1n) is 6.23. The van der Waals surface area contributed by atoms with E-state index in [4.69, 9.17) is 0 Å². The van der Waals surface area contributed by atoms with Crippen molar-refractivity contribution < 1.29 is 4.79 Å². The van der Waals surface area contributed by atoms with Crippen molar-refractivity contribution in [2.75, 3.05) is 6.54 Å². The van der Waals surface area contributed by atoms with Crippen molar-refractivity contribution in [3.05, 3.63) is 34.3 Å². The van der Waals surface area contributed by atoms with Crippen LogP contribution in [0.1, 0.15) is 38.2 Å². The van der Waals surface area contributed by atoms with Gasteiger partial charge in [-0.3, -0.25) is 4.79 Å². The number of carbonyl (C=O) groups excluding carboxylic acids is 1. The number of amides is 1. The molecule has 1 rings (SSSR count). The Hall–Kier alpha value is -0.830. The monoisotopic (exact) mass is 297 g/mol. The van der Waals surface area contributed by atoms with Crippen molar-refractivity contribution >= 4 is 21.8 Å². The summed E-state index contributed by atoms with van der Waals surface area (Å²) >= 11 is 3.43. The molecule has 1 aromatic rings. The number of unbranched alkanes of at least 4 members (excludes halogenated alkanes) is 2. The summed E-state index contributed by atoms with van der Waals surface area (Å²) in [5.41, 5.74) is 1.20. The molecule has 94 valence electrons. The molecule has 1 aromatic carbocycles. The molecule has 0 aliphatic heterocycles. The van der Waals surface area contributed by atoms with Gasteiger partial charge in [-0.15, -0.1) is 0 Å². The van der Waals surface area contributed by atoms with Gasteiger partial charge in [0, 0.05) is 17.4 Å². The third-order valence-electron chi connectivity index (χ3n) is 2.63. The van der Waals surface area contributed by atoms with E-state index < -0.39 is 0 Å². The van der Waals surface area contributed by atoms with E-state index in [1.807, 2.05) is 12.1 Å². The highest BCUT2D eigenvalue weighted by molar-refractivity contribution is 9.10. The fourth-order valence-electron chi connectivity index (χ4n) is 1.64. The third kappa shape index (κ3) is 6.47. The lowest BCUT2D eigenvalue weighted by Crippen LogP contribution is -2.24. The van der Waals surface area contributed by atoms with Crippen molar-refractivity contribution in [2.45, 2.75) is 39.0 Å². The zero-order chi connectivity index (χ0) is 12.5. The van der Waals surface area contributed by atoms with E-state index in [-0.39, 0.29) is 5.91 Å². The molecule has 17 heavy (non-hydrogen) atoms. The van der Waals surface area contributed by atoms with Crippen LogP contribution >= 0.6 is 15.9 Å². The average molecular weight is 298 g/mol. The molecule has 0 spiro atoms. The summed E-state index contributed by atoms with van der Waals surface area (Å²) in [6.45, 7) is 2.97. The SMILES string of the molecule is CCCCCNC(=O)CCc1cccc(Br)c1. The van der Waals surface area contributed by atoms with Gasteiger partial charge >= 0.3 is 0 Å². The molecule has 0 bridgehead atoms. The Kier molecular flexibility index (Phi) is 6.94. The lowest BCUT2D eigenvalue weighted by Gasteiger charge is -2.05. The number of hydrogen-bond acceptors (Lipinski definition) is 1. The van der Waals surface area contributed by atoms with Crippen LogP contribution in [0.15, 0.2) is 28.7 Å². The first-order valence-corrected chi connectivity index (χ1v) is 7.03. The summed E-state index contributed by atoms with van der Waals surface area (Å²) in [7, 11) is 0. The molecule has 0 radical (unpaired) electrons. The standard InChI is InChI=1S/C14H20BrNO/c1-2-3-4-10-16-14(17)9-8-12-6-5-7-13(15)11-12/h5-7,11H,2-4,8-10H2,1H3,(H,16,17). The zero-order valence-electron chi connectivity index (χ0n) is 10.3. The predicted molar refractivity (Wildman–Crippen MR) is 75.0 cm³/mol. The smallest absolute Gasteiger partial charge is 0.220 e. The molecule has 2 nitrogen and oxygen atoms in total. The van der Waals surface area contributed by atoms with E-state index in [9.17, 15) is 4.79 Å². The van der Waals surface area contributed by atoms with Gasteiger partial charge in [0.15, 0.2) is 0 Å². The van der Waals surface area contributed by atoms with E-state index >= 15 is 0 Å². The van der Waals surface area contributed by atoms with E-state index in [2.05, 4.69) is 40.3 Å². The predicted octanol–water partition coefficient (Wildman–Crippen LogP) is 3.69. The number of rotatable bonds is 7. The summed E-state index contributed by atoms with van der Waals surface area (Å²) in [4.78, 5) is 11.5. The van der Waals surface area contributed by atoms with Gasteiger partial charge in [0.2, 0.25) is 5.91 Å². The molecule has 0 unspecified atom stereocenters. The quantitative estimate of drug-likeness (QED) is 0.764. The van der Waals surface area contributed by atoms with E-state index in [0.29, 0.717) is 6.42 Å². The second-order valence-corrected chi connectivity index (χ2v) is 5.10. The highest BCUT2D eigenvalue weighted by Crippen LogP contribution is 2.12. The van der Waals surface area contributed by atoms with Crippen molar-refractivity contribution in [2.24, 2.45) is 0 Å². The largest absolute Gasteiger partial charge is 0.356 e. The Balaban J connectivity index is 2.19. The summed E-state index contributed by atoms with van der Waals surface area (Å²) in [6.07, 6.45) is 4.83. The number of hydrogen-bond donors (Lipinski definition) is 1. The Bertz CT molecular complexity index is 352. The first-order chi connectivity index (χ1) is 8.22. The Morgan fingerprint density at radius 3 is 2.88 bits per heavy atom. The molecule has 0 aliphatic rings. The number of halogens is 1.